The molecular weight excluding hydrogens is 322 g/mol. The molecule has 0 aromatic carbocycles. The van der Waals surface area contributed by atoms with Crippen LogP contribution in [0.2, 0.25) is 0 Å². The Balaban J connectivity index is 1.98. The van der Waals surface area contributed by atoms with Gasteiger partial charge in [0.25, 0.3) is 0 Å². The van der Waals surface area contributed by atoms with Crippen LogP contribution in [0.4, 0.5) is 0 Å². The molecule has 1 aromatic heterocycles. The van der Waals surface area contributed by atoms with Crippen LogP contribution in [0.3, 0.4) is 0 Å². The summed E-state index contributed by atoms with van der Waals surface area (Å²) in [6.45, 7) is 6.66. The van der Waals surface area contributed by atoms with Crippen LogP contribution in [-0.2, 0) is 9.59 Å². The van der Waals surface area contributed by atoms with Gasteiger partial charge in [0.1, 0.15) is 11.2 Å². The van der Waals surface area contributed by atoms with E-state index in [0.717, 1.165) is 17.6 Å². The molecule has 126 valence electrons. The van der Waals surface area contributed by atoms with Crippen molar-refractivity contribution in [2.45, 2.75) is 19.8 Å². The highest BCUT2D eigenvalue weighted by Crippen LogP contribution is 2.48. The zero-order valence-corrected chi connectivity index (χ0v) is 14.8. The van der Waals surface area contributed by atoms with Crippen molar-refractivity contribution in [2.24, 2.45) is 5.41 Å². The van der Waals surface area contributed by atoms with Gasteiger partial charge in [-0.15, -0.1) is 11.8 Å². The monoisotopic (exact) mass is 343 g/mol. The minimum Gasteiger partial charge on any atom is -0.465 e. The SMILES string of the molecule is C=C(CC)C1=CCN(C)C(=O)C2(CS/C(=C\c3ccco3)C2=O)C1. The summed E-state index contributed by atoms with van der Waals surface area (Å²) >= 11 is 1.44. The number of allylic oxidation sites excluding steroid dienone is 3. The number of furan rings is 1. The summed E-state index contributed by atoms with van der Waals surface area (Å²) in [4.78, 5) is 28.3. The Labute approximate surface area is 146 Å². The third-order valence-corrected chi connectivity index (χ3v) is 5.94. The Morgan fingerprint density at radius 2 is 2.29 bits per heavy atom. The lowest BCUT2D eigenvalue weighted by molar-refractivity contribution is -0.144. The first-order valence-electron chi connectivity index (χ1n) is 8.03. The maximum atomic E-state index is 13.1. The average molecular weight is 343 g/mol. The molecule has 1 unspecified atom stereocenters. The lowest BCUT2D eigenvalue weighted by atomic mass is 9.77. The van der Waals surface area contributed by atoms with Gasteiger partial charge in [0, 0.05) is 19.3 Å². The largest absolute Gasteiger partial charge is 0.465 e. The molecule has 3 heterocycles. The van der Waals surface area contributed by atoms with Crippen LogP contribution in [0.15, 0.2) is 51.5 Å². The van der Waals surface area contributed by atoms with E-state index in [1.165, 1.54) is 11.8 Å². The van der Waals surface area contributed by atoms with Crippen molar-refractivity contribution in [3.63, 3.8) is 0 Å². The van der Waals surface area contributed by atoms with Crippen molar-refractivity contribution < 1.29 is 14.0 Å². The third-order valence-electron chi connectivity index (χ3n) is 4.69. The van der Waals surface area contributed by atoms with Crippen molar-refractivity contribution in [3.05, 3.63) is 52.9 Å². The number of rotatable bonds is 3. The molecule has 2 aliphatic heterocycles. The minimum atomic E-state index is -1.02. The van der Waals surface area contributed by atoms with Gasteiger partial charge in [-0.2, -0.15) is 0 Å². The molecule has 1 spiro atoms. The van der Waals surface area contributed by atoms with Gasteiger partial charge < -0.3 is 9.32 Å². The van der Waals surface area contributed by atoms with Crippen LogP contribution in [0.1, 0.15) is 25.5 Å². The topological polar surface area (TPSA) is 50.5 Å². The Morgan fingerprint density at radius 3 is 2.96 bits per heavy atom. The molecule has 1 atom stereocenters. The minimum absolute atomic E-state index is 0.0991. The maximum Gasteiger partial charge on any atom is 0.237 e. The predicted molar refractivity (Wildman–Crippen MR) is 96.4 cm³/mol. The summed E-state index contributed by atoms with van der Waals surface area (Å²) < 4.78 is 5.31. The summed E-state index contributed by atoms with van der Waals surface area (Å²) in [5.74, 6) is 0.900. The van der Waals surface area contributed by atoms with Crippen LogP contribution in [0.5, 0.6) is 0 Å². The van der Waals surface area contributed by atoms with Crippen LogP contribution >= 0.6 is 11.8 Å². The first-order chi connectivity index (χ1) is 11.5. The van der Waals surface area contributed by atoms with Gasteiger partial charge in [0.2, 0.25) is 5.91 Å². The number of nitrogens with zero attached hydrogens (tertiary/aromatic N) is 1. The average Bonchev–Trinajstić information content (AvgIpc) is 3.17. The van der Waals surface area contributed by atoms with Gasteiger partial charge in [0.05, 0.1) is 11.2 Å². The molecule has 0 radical (unpaired) electrons. The molecule has 3 rings (SSSR count). The number of likely N-dealkylation sites (N-methyl/N-ethyl adjacent to an activating group) is 1. The van der Waals surface area contributed by atoms with E-state index in [9.17, 15) is 9.59 Å². The molecule has 1 amide bonds. The Kier molecular flexibility index (Phi) is 4.54. The number of Topliss-reactive ketones (excluding diaryl/α,β-unsaturated/α-hetero) is 1. The molecule has 1 aromatic rings. The molecule has 0 N–H and O–H groups in total. The Hall–Kier alpha value is -2.01. The molecule has 1 fully saturated rings. The number of hydrogen-bond donors (Lipinski definition) is 0. The van der Waals surface area contributed by atoms with E-state index < -0.39 is 5.41 Å². The fourth-order valence-electron chi connectivity index (χ4n) is 3.13. The highest BCUT2D eigenvalue weighted by molar-refractivity contribution is 8.04. The van der Waals surface area contributed by atoms with Crippen LogP contribution in [0.25, 0.3) is 6.08 Å². The lowest BCUT2D eigenvalue weighted by Crippen LogP contribution is -2.45. The van der Waals surface area contributed by atoms with Gasteiger partial charge in [-0.25, -0.2) is 0 Å². The summed E-state index contributed by atoms with van der Waals surface area (Å²) in [7, 11) is 1.75. The number of thioether (sulfide) groups is 1. The second kappa shape index (κ2) is 6.48. The second-order valence-corrected chi connectivity index (χ2v) is 7.29. The second-order valence-electron chi connectivity index (χ2n) is 6.27. The fourth-order valence-corrected chi connectivity index (χ4v) is 4.42. The van der Waals surface area contributed by atoms with E-state index in [-0.39, 0.29) is 11.7 Å². The van der Waals surface area contributed by atoms with Crippen molar-refractivity contribution in [2.75, 3.05) is 19.3 Å². The molecule has 24 heavy (non-hydrogen) atoms. The van der Waals surface area contributed by atoms with E-state index in [4.69, 9.17) is 4.42 Å². The quantitative estimate of drug-likeness (QED) is 0.620. The Bertz CT molecular complexity index is 745. The molecule has 5 heteroatoms. The highest BCUT2D eigenvalue weighted by atomic mass is 32.2. The molecule has 0 saturated carbocycles. The molecule has 1 saturated heterocycles. The van der Waals surface area contributed by atoms with Crippen molar-refractivity contribution in [1.82, 2.24) is 4.90 Å². The van der Waals surface area contributed by atoms with E-state index >= 15 is 0 Å². The van der Waals surface area contributed by atoms with E-state index in [1.807, 2.05) is 13.0 Å². The Morgan fingerprint density at radius 1 is 1.50 bits per heavy atom. The normalized spacial score (nSPS) is 26.2. The zero-order valence-electron chi connectivity index (χ0n) is 14.0. The first-order valence-corrected chi connectivity index (χ1v) is 9.02. The van der Waals surface area contributed by atoms with Gasteiger partial charge in [-0.1, -0.05) is 25.2 Å². The molecule has 0 bridgehead atoms. The summed E-state index contributed by atoms with van der Waals surface area (Å²) in [5, 5.41) is 0. The molecule has 4 nitrogen and oxygen atoms in total. The van der Waals surface area contributed by atoms with Crippen LogP contribution < -0.4 is 0 Å². The van der Waals surface area contributed by atoms with Gasteiger partial charge in [-0.05, 0) is 36.6 Å². The highest BCUT2D eigenvalue weighted by Gasteiger charge is 2.53. The number of carbonyl (C=O) groups is 2. The number of amides is 1. The van der Waals surface area contributed by atoms with E-state index in [2.05, 4.69) is 6.58 Å². The number of ketones is 1. The fraction of sp³-hybridized carbons (Fsp3) is 0.368. The van der Waals surface area contributed by atoms with E-state index in [1.54, 1.807) is 36.4 Å². The van der Waals surface area contributed by atoms with Gasteiger partial charge in [-0.3, -0.25) is 9.59 Å². The van der Waals surface area contributed by atoms with Gasteiger partial charge >= 0.3 is 0 Å². The summed E-state index contributed by atoms with van der Waals surface area (Å²) in [5.41, 5.74) is 1.01. The summed E-state index contributed by atoms with van der Waals surface area (Å²) in [6, 6.07) is 3.58. The number of carbonyl (C=O) groups excluding carboxylic acids is 2. The van der Waals surface area contributed by atoms with Crippen molar-refractivity contribution in [3.8, 4) is 0 Å². The van der Waals surface area contributed by atoms with Crippen LogP contribution in [0, 0.1) is 5.41 Å². The zero-order chi connectivity index (χ0) is 17.3. The van der Waals surface area contributed by atoms with Crippen molar-refractivity contribution >= 4 is 29.5 Å². The third kappa shape index (κ3) is 2.77. The smallest absolute Gasteiger partial charge is 0.237 e. The summed E-state index contributed by atoms with van der Waals surface area (Å²) in [6.07, 6.45) is 6.59. The van der Waals surface area contributed by atoms with Gasteiger partial charge in [0.15, 0.2) is 5.78 Å². The molecule has 2 aliphatic rings. The van der Waals surface area contributed by atoms with E-state index in [0.29, 0.717) is 29.4 Å². The first kappa shape index (κ1) is 16.8. The predicted octanol–water partition coefficient (Wildman–Crippen LogP) is 3.68. The maximum absolute atomic E-state index is 13.1. The lowest BCUT2D eigenvalue weighted by Gasteiger charge is -2.28. The molecular formula is C19H21NO3S. The standard InChI is InChI=1S/C19H21NO3S/c1-4-13(2)14-7-8-20(3)18(22)19(11-14)12-24-16(17(19)21)10-15-6-5-9-23-15/h5-7,9-10H,2,4,8,11-12H2,1,3H3/b16-10-. The van der Waals surface area contributed by atoms with Crippen LogP contribution in [-0.4, -0.2) is 35.9 Å². The number of hydrogen-bond acceptors (Lipinski definition) is 4. The van der Waals surface area contributed by atoms with Crippen molar-refractivity contribution in [1.29, 1.82) is 0 Å². The molecule has 0 aliphatic carbocycles.